The Morgan fingerprint density at radius 2 is 2.45 bits per heavy atom. The standard InChI is InChI=1S/C12H15N5O2S/c18-10-2-1-4-16(6-10)11(19)7-17-14-12(13-15-17)9-3-5-20-8-9/h3,5,8,10,18H,1-2,4,6-7H2. The molecule has 1 atom stereocenters. The van der Waals surface area contributed by atoms with E-state index in [1.165, 1.54) is 4.80 Å². The van der Waals surface area contributed by atoms with Gasteiger partial charge in [0.05, 0.1) is 6.10 Å². The second kappa shape index (κ2) is 5.68. The van der Waals surface area contributed by atoms with Crippen molar-refractivity contribution in [3.63, 3.8) is 0 Å². The maximum absolute atomic E-state index is 12.1. The second-order valence-corrected chi connectivity index (χ2v) is 5.57. The fourth-order valence-corrected chi connectivity index (χ4v) is 2.85. The number of aliphatic hydroxyl groups is 1. The van der Waals surface area contributed by atoms with E-state index in [-0.39, 0.29) is 12.5 Å². The van der Waals surface area contributed by atoms with E-state index in [0.29, 0.717) is 18.9 Å². The van der Waals surface area contributed by atoms with Gasteiger partial charge in [0.15, 0.2) is 0 Å². The van der Waals surface area contributed by atoms with E-state index < -0.39 is 6.10 Å². The van der Waals surface area contributed by atoms with Crippen molar-refractivity contribution in [3.8, 4) is 11.4 Å². The molecule has 106 valence electrons. The molecule has 1 fully saturated rings. The molecule has 0 aliphatic carbocycles. The molecule has 3 heterocycles. The summed E-state index contributed by atoms with van der Waals surface area (Å²) in [6.45, 7) is 1.14. The summed E-state index contributed by atoms with van der Waals surface area (Å²) in [5, 5.41) is 25.5. The van der Waals surface area contributed by atoms with Crippen LogP contribution in [0.3, 0.4) is 0 Å². The first-order chi connectivity index (χ1) is 9.72. The molecule has 1 aliphatic heterocycles. The largest absolute Gasteiger partial charge is 0.391 e. The van der Waals surface area contributed by atoms with Crippen molar-refractivity contribution in [2.45, 2.75) is 25.5 Å². The zero-order chi connectivity index (χ0) is 13.9. The fourth-order valence-electron chi connectivity index (χ4n) is 2.22. The van der Waals surface area contributed by atoms with Crippen molar-refractivity contribution >= 4 is 17.2 Å². The number of aromatic nitrogens is 4. The zero-order valence-electron chi connectivity index (χ0n) is 10.8. The molecular weight excluding hydrogens is 278 g/mol. The first-order valence-corrected chi connectivity index (χ1v) is 7.43. The summed E-state index contributed by atoms with van der Waals surface area (Å²) >= 11 is 1.56. The van der Waals surface area contributed by atoms with Crippen LogP contribution in [0.1, 0.15) is 12.8 Å². The van der Waals surface area contributed by atoms with Crippen molar-refractivity contribution in [1.82, 2.24) is 25.1 Å². The molecule has 8 heteroatoms. The Balaban J connectivity index is 1.64. The van der Waals surface area contributed by atoms with Crippen LogP contribution in [-0.4, -0.2) is 55.3 Å². The van der Waals surface area contributed by atoms with Crippen LogP contribution in [0.5, 0.6) is 0 Å². The highest BCUT2D eigenvalue weighted by atomic mass is 32.1. The third-order valence-corrected chi connectivity index (χ3v) is 3.94. The third kappa shape index (κ3) is 2.86. The van der Waals surface area contributed by atoms with Crippen LogP contribution in [-0.2, 0) is 11.3 Å². The number of carbonyl (C=O) groups is 1. The van der Waals surface area contributed by atoms with Gasteiger partial charge in [-0.15, -0.1) is 10.2 Å². The number of carbonyl (C=O) groups excluding carboxylic acids is 1. The van der Waals surface area contributed by atoms with Crippen molar-refractivity contribution in [2.75, 3.05) is 13.1 Å². The molecule has 0 radical (unpaired) electrons. The lowest BCUT2D eigenvalue weighted by atomic mass is 10.1. The number of hydrogen-bond acceptors (Lipinski definition) is 6. The Labute approximate surface area is 119 Å². The Bertz CT molecular complexity index is 582. The Morgan fingerprint density at radius 1 is 1.55 bits per heavy atom. The number of aliphatic hydroxyl groups excluding tert-OH is 1. The summed E-state index contributed by atoms with van der Waals surface area (Å²) in [6.07, 6.45) is 1.17. The molecule has 1 saturated heterocycles. The monoisotopic (exact) mass is 293 g/mol. The molecule has 1 N–H and O–H groups in total. The molecule has 1 amide bonds. The van der Waals surface area contributed by atoms with Gasteiger partial charge in [0.1, 0.15) is 6.54 Å². The highest BCUT2D eigenvalue weighted by Gasteiger charge is 2.22. The van der Waals surface area contributed by atoms with Crippen LogP contribution in [0, 0.1) is 0 Å². The number of nitrogens with zero attached hydrogens (tertiary/aromatic N) is 5. The van der Waals surface area contributed by atoms with Crippen LogP contribution < -0.4 is 0 Å². The number of hydrogen-bond donors (Lipinski definition) is 1. The quantitative estimate of drug-likeness (QED) is 0.884. The molecule has 3 rings (SSSR count). The van der Waals surface area contributed by atoms with Gasteiger partial charge < -0.3 is 10.0 Å². The lowest BCUT2D eigenvalue weighted by Gasteiger charge is -2.29. The smallest absolute Gasteiger partial charge is 0.246 e. The maximum atomic E-state index is 12.1. The second-order valence-electron chi connectivity index (χ2n) is 4.79. The molecule has 0 saturated carbocycles. The van der Waals surface area contributed by atoms with E-state index in [4.69, 9.17) is 0 Å². The lowest BCUT2D eigenvalue weighted by molar-refractivity contribution is -0.135. The van der Waals surface area contributed by atoms with Gasteiger partial charge in [-0.25, -0.2) is 0 Å². The highest BCUT2D eigenvalue weighted by Crippen LogP contribution is 2.16. The van der Waals surface area contributed by atoms with Crippen molar-refractivity contribution < 1.29 is 9.90 Å². The van der Waals surface area contributed by atoms with E-state index in [0.717, 1.165) is 18.4 Å². The average Bonchev–Trinajstić information content (AvgIpc) is 3.08. The van der Waals surface area contributed by atoms with Gasteiger partial charge in [0.25, 0.3) is 0 Å². The summed E-state index contributed by atoms with van der Waals surface area (Å²) < 4.78 is 0. The number of rotatable bonds is 3. The molecule has 1 unspecified atom stereocenters. The van der Waals surface area contributed by atoms with E-state index in [1.54, 1.807) is 16.2 Å². The van der Waals surface area contributed by atoms with Gasteiger partial charge in [-0.1, -0.05) is 0 Å². The van der Waals surface area contributed by atoms with Gasteiger partial charge >= 0.3 is 0 Å². The summed E-state index contributed by atoms with van der Waals surface area (Å²) in [6, 6.07) is 1.91. The normalized spacial score (nSPS) is 19.2. The van der Waals surface area contributed by atoms with Crippen LogP contribution in [0.2, 0.25) is 0 Å². The Kier molecular flexibility index (Phi) is 3.75. The molecule has 0 aromatic carbocycles. The van der Waals surface area contributed by atoms with Gasteiger partial charge in [0.2, 0.25) is 11.7 Å². The van der Waals surface area contributed by atoms with Crippen LogP contribution in [0.15, 0.2) is 16.8 Å². The number of tetrazole rings is 1. The average molecular weight is 293 g/mol. The Hall–Kier alpha value is -1.80. The topological polar surface area (TPSA) is 84.1 Å². The minimum Gasteiger partial charge on any atom is -0.391 e. The highest BCUT2D eigenvalue weighted by molar-refractivity contribution is 7.08. The van der Waals surface area contributed by atoms with Crippen molar-refractivity contribution in [3.05, 3.63) is 16.8 Å². The molecule has 0 bridgehead atoms. The summed E-state index contributed by atoms with van der Waals surface area (Å²) in [7, 11) is 0. The SMILES string of the molecule is O=C(Cn1nnc(-c2ccsc2)n1)N1CCCC(O)C1. The van der Waals surface area contributed by atoms with E-state index in [1.807, 2.05) is 16.8 Å². The summed E-state index contributed by atoms with van der Waals surface area (Å²) in [4.78, 5) is 15.1. The van der Waals surface area contributed by atoms with E-state index in [2.05, 4.69) is 15.4 Å². The van der Waals surface area contributed by atoms with E-state index in [9.17, 15) is 9.90 Å². The predicted octanol–water partition coefficient (Wildman–Crippen LogP) is 0.385. The first kappa shape index (κ1) is 13.2. The maximum Gasteiger partial charge on any atom is 0.246 e. The number of thiophene rings is 1. The summed E-state index contributed by atoms with van der Waals surface area (Å²) in [5.74, 6) is 0.441. The third-order valence-electron chi connectivity index (χ3n) is 3.26. The van der Waals surface area contributed by atoms with Crippen LogP contribution in [0.25, 0.3) is 11.4 Å². The summed E-state index contributed by atoms with van der Waals surface area (Å²) in [5.41, 5.74) is 0.905. The number of amides is 1. The minimum absolute atomic E-state index is 0.0594. The lowest BCUT2D eigenvalue weighted by Crippen LogP contribution is -2.43. The van der Waals surface area contributed by atoms with Crippen molar-refractivity contribution in [1.29, 1.82) is 0 Å². The number of piperidine rings is 1. The number of β-amino-alcohol motifs (C(OH)–C–C–N with tert-alkyl or cyclic N) is 1. The minimum atomic E-state index is -0.419. The molecule has 1 aliphatic rings. The van der Waals surface area contributed by atoms with Gasteiger partial charge in [0, 0.05) is 24.0 Å². The molecular formula is C12H15N5O2S. The van der Waals surface area contributed by atoms with E-state index >= 15 is 0 Å². The molecule has 20 heavy (non-hydrogen) atoms. The fraction of sp³-hybridized carbons (Fsp3) is 0.500. The first-order valence-electron chi connectivity index (χ1n) is 6.48. The molecule has 0 spiro atoms. The van der Waals surface area contributed by atoms with Crippen LogP contribution in [0.4, 0.5) is 0 Å². The molecule has 7 nitrogen and oxygen atoms in total. The van der Waals surface area contributed by atoms with Gasteiger partial charge in [-0.05, 0) is 29.5 Å². The van der Waals surface area contributed by atoms with Gasteiger partial charge in [-0.2, -0.15) is 16.1 Å². The molecule has 2 aromatic heterocycles. The molecule has 2 aromatic rings. The zero-order valence-corrected chi connectivity index (χ0v) is 11.7. The predicted molar refractivity (Wildman–Crippen MR) is 73.0 cm³/mol. The van der Waals surface area contributed by atoms with Gasteiger partial charge in [-0.3, -0.25) is 4.79 Å². The van der Waals surface area contributed by atoms with Crippen molar-refractivity contribution in [2.24, 2.45) is 0 Å². The number of likely N-dealkylation sites (tertiary alicyclic amines) is 1. The van der Waals surface area contributed by atoms with Crippen LogP contribution >= 0.6 is 11.3 Å². The Morgan fingerprint density at radius 3 is 3.20 bits per heavy atom.